The predicted octanol–water partition coefficient (Wildman–Crippen LogP) is 3.64. The molecule has 1 amide bonds. The highest BCUT2D eigenvalue weighted by atomic mass is 32.2. The number of aromatic nitrogens is 1. The van der Waals surface area contributed by atoms with Crippen LogP contribution in [0.1, 0.15) is 22.3 Å². The SMILES string of the molecule is COCCn1c(=NC(=O)c2ccc(S(=O)(=O)N3CCCc4ccccc43)cc2)sc2cc(S(C)(=O)=O)ccc21. The van der Waals surface area contributed by atoms with Crippen molar-refractivity contribution in [1.29, 1.82) is 0 Å². The number of methoxy groups -OCH3 is 1. The van der Waals surface area contributed by atoms with Gasteiger partial charge in [0.25, 0.3) is 15.9 Å². The summed E-state index contributed by atoms with van der Waals surface area (Å²) in [5.41, 5.74) is 2.65. The number of carbonyl (C=O) groups excluding carboxylic acids is 1. The Hall–Kier alpha value is -3.32. The molecule has 0 unspecified atom stereocenters. The number of para-hydroxylation sites is 1. The monoisotopic (exact) mass is 585 g/mol. The van der Waals surface area contributed by atoms with Crippen LogP contribution in [0.2, 0.25) is 0 Å². The molecular weight excluding hydrogens is 559 g/mol. The van der Waals surface area contributed by atoms with Crippen LogP contribution in [0.25, 0.3) is 10.2 Å². The maximum Gasteiger partial charge on any atom is 0.279 e. The molecule has 12 heteroatoms. The number of rotatable bonds is 7. The number of hydrogen-bond acceptors (Lipinski definition) is 7. The van der Waals surface area contributed by atoms with E-state index in [4.69, 9.17) is 4.74 Å². The van der Waals surface area contributed by atoms with Gasteiger partial charge in [-0.3, -0.25) is 9.10 Å². The second-order valence-electron chi connectivity index (χ2n) is 9.18. The molecular formula is C27H27N3O6S3. The number of thiazole rings is 1. The number of nitrogens with zero attached hydrogens (tertiary/aromatic N) is 3. The van der Waals surface area contributed by atoms with Crippen LogP contribution < -0.4 is 9.11 Å². The van der Waals surface area contributed by atoms with Crippen molar-refractivity contribution in [2.45, 2.75) is 29.2 Å². The Balaban J connectivity index is 1.48. The third kappa shape index (κ3) is 5.42. The van der Waals surface area contributed by atoms with Crippen molar-refractivity contribution in [3.8, 4) is 0 Å². The molecule has 1 aromatic heterocycles. The second-order valence-corrected chi connectivity index (χ2v) is 14.1. The predicted molar refractivity (Wildman–Crippen MR) is 150 cm³/mol. The molecule has 5 rings (SSSR count). The van der Waals surface area contributed by atoms with Crippen LogP contribution in [0.15, 0.2) is 81.5 Å². The molecule has 0 saturated heterocycles. The zero-order valence-corrected chi connectivity index (χ0v) is 23.9. The van der Waals surface area contributed by atoms with Crippen LogP contribution in [-0.2, 0) is 37.6 Å². The molecule has 39 heavy (non-hydrogen) atoms. The van der Waals surface area contributed by atoms with E-state index in [-0.39, 0.29) is 15.4 Å². The van der Waals surface area contributed by atoms with Crippen molar-refractivity contribution in [1.82, 2.24) is 4.57 Å². The lowest BCUT2D eigenvalue weighted by Crippen LogP contribution is -2.35. The molecule has 0 saturated carbocycles. The summed E-state index contributed by atoms with van der Waals surface area (Å²) in [6, 6.07) is 18.0. The fourth-order valence-corrected chi connectivity index (χ4v) is 7.92. The second kappa shape index (κ2) is 10.7. The summed E-state index contributed by atoms with van der Waals surface area (Å²) in [5.74, 6) is -0.539. The Morgan fingerprint density at radius 1 is 1.00 bits per heavy atom. The maximum atomic E-state index is 13.4. The highest BCUT2D eigenvalue weighted by Crippen LogP contribution is 2.32. The molecule has 0 atom stereocenters. The van der Waals surface area contributed by atoms with Crippen LogP contribution in [0, 0.1) is 0 Å². The quantitative estimate of drug-likeness (QED) is 0.327. The van der Waals surface area contributed by atoms with Gasteiger partial charge in [-0.2, -0.15) is 4.99 Å². The minimum Gasteiger partial charge on any atom is -0.383 e. The lowest BCUT2D eigenvalue weighted by atomic mass is 10.0. The molecule has 0 aliphatic carbocycles. The molecule has 0 bridgehead atoms. The van der Waals surface area contributed by atoms with E-state index in [1.807, 2.05) is 24.3 Å². The van der Waals surface area contributed by atoms with Gasteiger partial charge in [0, 0.05) is 32.0 Å². The van der Waals surface area contributed by atoms with Gasteiger partial charge in [-0.15, -0.1) is 0 Å². The first-order chi connectivity index (χ1) is 18.6. The molecule has 4 aromatic rings. The normalized spacial score (nSPS) is 14.5. The Morgan fingerprint density at radius 2 is 1.72 bits per heavy atom. The fourth-order valence-electron chi connectivity index (χ4n) is 4.57. The number of sulfonamides is 1. The number of aryl methyl sites for hydroxylation is 1. The third-order valence-corrected chi connectivity index (χ3v) is 10.5. The van der Waals surface area contributed by atoms with E-state index >= 15 is 0 Å². The average molecular weight is 586 g/mol. The van der Waals surface area contributed by atoms with E-state index in [0.717, 1.165) is 30.2 Å². The van der Waals surface area contributed by atoms with E-state index in [1.54, 1.807) is 23.8 Å². The van der Waals surface area contributed by atoms with Gasteiger partial charge in [-0.1, -0.05) is 29.5 Å². The molecule has 1 aliphatic heterocycles. The maximum absolute atomic E-state index is 13.4. The van der Waals surface area contributed by atoms with Crippen molar-refractivity contribution in [2.75, 3.05) is 30.8 Å². The molecule has 1 aliphatic rings. The van der Waals surface area contributed by atoms with Crippen molar-refractivity contribution < 1.29 is 26.4 Å². The minimum absolute atomic E-state index is 0.0982. The van der Waals surface area contributed by atoms with Crippen molar-refractivity contribution >= 4 is 53.0 Å². The van der Waals surface area contributed by atoms with E-state index in [9.17, 15) is 21.6 Å². The van der Waals surface area contributed by atoms with E-state index < -0.39 is 25.8 Å². The smallest absolute Gasteiger partial charge is 0.279 e. The summed E-state index contributed by atoms with van der Waals surface area (Å²) in [6.07, 6.45) is 2.70. The average Bonchev–Trinajstić information content (AvgIpc) is 3.27. The third-order valence-electron chi connectivity index (χ3n) is 6.56. The number of fused-ring (bicyclic) bond motifs is 2. The van der Waals surface area contributed by atoms with Crippen LogP contribution in [0.4, 0.5) is 5.69 Å². The highest BCUT2D eigenvalue weighted by molar-refractivity contribution is 7.92. The standard InChI is InChI=1S/C27H27N3O6S3/c1-36-17-16-29-24-14-13-22(38(2,32)33)18-25(24)37-27(29)28-26(31)20-9-11-21(12-10-20)39(34,35)30-15-5-7-19-6-3-4-8-23(19)30/h3-4,6,8-14,18H,5,7,15-17H2,1-2H3. The van der Waals surface area contributed by atoms with Gasteiger partial charge < -0.3 is 9.30 Å². The van der Waals surface area contributed by atoms with Gasteiger partial charge in [-0.05, 0) is 66.9 Å². The van der Waals surface area contributed by atoms with Gasteiger partial charge in [0.1, 0.15) is 0 Å². The summed E-state index contributed by atoms with van der Waals surface area (Å²) >= 11 is 1.20. The van der Waals surface area contributed by atoms with Crippen molar-refractivity contribution in [3.05, 3.63) is 82.7 Å². The van der Waals surface area contributed by atoms with Gasteiger partial charge >= 0.3 is 0 Å². The summed E-state index contributed by atoms with van der Waals surface area (Å²) in [4.78, 5) is 18.1. The topological polar surface area (TPSA) is 115 Å². The number of carbonyl (C=O) groups is 1. The van der Waals surface area contributed by atoms with Crippen LogP contribution in [-0.4, -0.2) is 53.8 Å². The van der Waals surface area contributed by atoms with Crippen LogP contribution >= 0.6 is 11.3 Å². The zero-order valence-electron chi connectivity index (χ0n) is 21.4. The van der Waals surface area contributed by atoms with Gasteiger partial charge in [0.15, 0.2) is 14.6 Å². The summed E-state index contributed by atoms with van der Waals surface area (Å²) in [6.45, 7) is 1.17. The molecule has 0 radical (unpaired) electrons. The lowest BCUT2D eigenvalue weighted by Gasteiger charge is -2.30. The zero-order chi connectivity index (χ0) is 27.8. The molecule has 3 aromatic carbocycles. The van der Waals surface area contributed by atoms with Crippen molar-refractivity contribution in [2.24, 2.45) is 4.99 Å². The molecule has 0 fully saturated rings. The molecule has 0 spiro atoms. The minimum atomic E-state index is -3.80. The Labute approximate surface area is 231 Å². The number of sulfone groups is 1. The van der Waals surface area contributed by atoms with Gasteiger partial charge in [0.2, 0.25) is 0 Å². The number of ether oxygens (including phenoxy) is 1. The van der Waals surface area contributed by atoms with E-state index in [0.29, 0.717) is 34.9 Å². The van der Waals surface area contributed by atoms with Gasteiger partial charge in [0.05, 0.1) is 32.3 Å². The van der Waals surface area contributed by atoms with E-state index in [2.05, 4.69) is 4.99 Å². The fraction of sp³-hybridized carbons (Fsp3) is 0.259. The molecule has 0 N–H and O–H groups in total. The number of benzene rings is 3. The first kappa shape index (κ1) is 27.3. The van der Waals surface area contributed by atoms with E-state index in [1.165, 1.54) is 46.0 Å². The van der Waals surface area contributed by atoms with Crippen LogP contribution in [0.5, 0.6) is 0 Å². The van der Waals surface area contributed by atoms with Crippen LogP contribution in [0.3, 0.4) is 0 Å². The Morgan fingerprint density at radius 3 is 2.44 bits per heavy atom. The number of amides is 1. The molecule has 204 valence electrons. The first-order valence-corrected chi connectivity index (χ1v) is 16.4. The summed E-state index contributed by atoms with van der Waals surface area (Å²) < 4.78 is 60.0. The number of hydrogen-bond donors (Lipinski definition) is 0. The Bertz CT molecular complexity index is 1840. The molecule has 2 heterocycles. The van der Waals surface area contributed by atoms with Gasteiger partial charge in [-0.25, -0.2) is 16.8 Å². The summed E-state index contributed by atoms with van der Waals surface area (Å²) in [7, 11) is -5.63. The first-order valence-electron chi connectivity index (χ1n) is 12.2. The number of anilines is 1. The Kier molecular flexibility index (Phi) is 7.47. The summed E-state index contributed by atoms with van der Waals surface area (Å²) in [5, 5.41) is 0. The molecule has 9 nitrogen and oxygen atoms in total. The largest absolute Gasteiger partial charge is 0.383 e. The lowest BCUT2D eigenvalue weighted by molar-refractivity contribution is 0.0997. The highest BCUT2D eigenvalue weighted by Gasteiger charge is 2.29. The van der Waals surface area contributed by atoms with Crippen molar-refractivity contribution in [3.63, 3.8) is 0 Å².